The molecule has 1 heterocycles. The van der Waals surface area contributed by atoms with Gasteiger partial charge in [0.15, 0.2) is 0 Å². The zero-order valence-electron chi connectivity index (χ0n) is 9.93. The van der Waals surface area contributed by atoms with Crippen LogP contribution in [0.5, 0.6) is 5.75 Å². The third-order valence-corrected chi connectivity index (χ3v) is 2.87. The first-order valence-electron chi connectivity index (χ1n) is 5.87. The molecule has 1 aromatic rings. The van der Waals surface area contributed by atoms with Gasteiger partial charge in [-0.05, 0) is 25.5 Å². The van der Waals surface area contributed by atoms with Crippen molar-refractivity contribution in [1.82, 2.24) is 4.90 Å². The molecule has 1 amide bonds. The lowest BCUT2D eigenvalue weighted by Crippen LogP contribution is -2.35. The molecule has 92 valence electrons. The fourth-order valence-electron chi connectivity index (χ4n) is 2.00. The van der Waals surface area contributed by atoms with Gasteiger partial charge >= 0.3 is 0 Å². The Kier molecular flexibility index (Phi) is 3.64. The molecule has 1 saturated heterocycles. The summed E-state index contributed by atoms with van der Waals surface area (Å²) in [6.45, 7) is 3.90. The van der Waals surface area contributed by atoms with Crippen molar-refractivity contribution >= 4 is 5.91 Å². The van der Waals surface area contributed by atoms with Gasteiger partial charge in [-0.2, -0.15) is 0 Å². The number of rotatable bonds is 1. The van der Waals surface area contributed by atoms with E-state index in [1.807, 2.05) is 6.92 Å². The van der Waals surface area contributed by atoms with E-state index in [1.54, 1.807) is 23.1 Å². The maximum Gasteiger partial charge on any atom is 0.257 e. The molecular formula is C13H17NO3. The second-order valence-corrected chi connectivity index (χ2v) is 4.30. The van der Waals surface area contributed by atoms with Gasteiger partial charge in [-0.1, -0.05) is 12.1 Å². The number of phenolic OH excluding ortho intramolecular Hbond substituents is 1. The summed E-state index contributed by atoms with van der Waals surface area (Å²) in [6.07, 6.45) is 0.885. The van der Waals surface area contributed by atoms with Crippen LogP contribution in [0.15, 0.2) is 24.3 Å². The van der Waals surface area contributed by atoms with Crippen LogP contribution in [0.4, 0.5) is 0 Å². The van der Waals surface area contributed by atoms with Gasteiger partial charge in [-0.15, -0.1) is 0 Å². The third kappa shape index (κ3) is 2.77. The average Bonchev–Trinajstić information content (AvgIpc) is 2.54. The Balaban J connectivity index is 2.16. The summed E-state index contributed by atoms with van der Waals surface area (Å²) >= 11 is 0. The maximum absolute atomic E-state index is 12.2. The summed E-state index contributed by atoms with van der Waals surface area (Å²) in [7, 11) is 0. The van der Waals surface area contributed by atoms with Crippen LogP contribution >= 0.6 is 0 Å². The summed E-state index contributed by atoms with van der Waals surface area (Å²) in [5, 5.41) is 9.67. The van der Waals surface area contributed by atoms with Crippen molar-refractivity contribution in [3.63, 3.8) is 0 Å². The number of nitrogens with zero attached hydrogens (tertiary/aromatic N) is 1. The molecule has 4 heteroatoms. The van der Waals surface area contributed by atoms with Crippen LogP contribution in [0, 0.1) is 0 Å². The molecule has 0 spiro atoms. The van der Waals surface area contributed by atoms with Crippen molar-refractivity contribution in [1.29, 1.82) is 0 Å². The van der Waals surface area contributed by atoms with E-state index < -0.39 is 0 Å². The minimum Gasteiger partial charge on any atom is -0.507 e. The Morgan fingerprint density at radius 3 is 3.00 bits per heavy atom. The van der Waals surface area contributed by atoms with Gasteiger partial charge in [-0.25, -0.2) is 0 Å². The van der Waals surface area contributed by atoms with E-state index in [0.29, 0.717) is 25.3 Å². The van der Waals surface area contributed by atoms with Gasteiger partial charge in [0.1, 0.15) is 5.75 Å². The molecule has 1 aliphatic rings. The molecule has 2 rings (SSSR count). The van der Waals surface area contributed by atoms with Gasteiger partial charge in [-0.3, -0.25) is 4.79 Å². The highest BCUT2D eigenvalue weighted by Crippen LogP contribution is 2.19. The standard InChI is InChI=1S/C13H17NO3/c1-10-9-14(7-4-8-17-10)13(16)11-5-2-3-6-12(11)15/h2-3,5-6,10,15H,4,7-9H2,1H3. The van der Waals surface area contributed by atoms with Crippen molar-refractivity contribution in [3.8, 4) is 5.75 Å². The second kappa shape index (κ2) is 5.19. The quantitative estimate of drug-likeness (QED) is 0.805. The predicted octanol–water partition coefficient (Wildman–Crippen LogP) is 1.64. The number of carbonyl (C=O) groups is 1. The molecule has 1 fully saturated rings. The first-order valence-corrected chi connectivity index (χ1v) is 5.87. The van der Waals surface area contributed by atoms with Crippen LogP contribution in [-0.4, -0.2) is 41.7 Å². The van der Waals surface area contributed by atoms with Crippen molar-refractivity contribution in [2.75, 3.05) is 19.7 Å². The topological polar surface area (TPSA) is 49.8 Å². The molecular weight excluding hydrogens is 218 g/mol. The van der Waals surface area contributed by atoms with Crippen LogP contribution in [-0.2, 0) is 4.74 Å². The van der Waals surface area contributed by atoms with E-state index in [-0.39, 0.29) is 17.8 Å². The molecule has 1 aromatic carbocycles. The number of amides is 1. The summed E-state index contributed by atoms with van der Waals surface area (Å²) in [6, 6.07) is 6.64. The van der Waals surface area contributed by atoms with Crippen LogP contribution in [0.2, 0.25) is 0 Å². The van der Waals surface area contributed by atoms with Crippen molar-refractivity contribution in [3.05, 3.63) is 29.8 Å². The highest BCUT2D eigenvalue weighted by molar-refractivity contribution is 5.96. The maximum atomic E-state index is 12.2. The molecule has 0 aliphatic carbocycles. The van der Waals surface area contributed by atoms with E-state index in [4.69, 9.17) is 4.74 Å². The number of phenols is 1. The number of carbonyl (C=O) groups excluding carboxylic acids is 1. The van der Waals surface area contributed by atoms with Crippen LogP contribution in [0.1, 0.15) is 23.7 Å². The fraction of sp³-hybridized carbons (Fsp3) is 0.462. The molecule has 1 aliphatic heterocycles. The fourth-order valence-corrected chi connectivity index (χ4v) is 2.00. The lowest BCUT2D eigenvalue weighted by Gasteiger charge is -2.22. The summed E-state index contributed by atoms with van der Waals surface area (Å²) in [4.78, 5) is 14.0. The van der Waals surface area contributed by atoms with Crippen molar-refractivity contribution in [2.24, 2.45) is 0 Å². The Bertz CT molecular complexity index is 405. The highest BCUT2D eigenvalue weighted by Gasteiger charge is 2.22. The molecule has 4 nitrogen and oxygen atoms in total. The summed E-state index contributed by atoms with van der Waals surface area (Å²) in [5.74, 6) is -0.0873. The second-order valence-electron chi connectivity index (χ2n) is 4.30. The smallest absolute Gasteiger partial charge is 0.257 e. The van der Waals surface area contributed by atoms with Crippen molar-refractivity contribution < 1.29 is 14.6 Å². The first-order chi connectivity index (χ1) is 8.18. The van der Waals surface area contributed by atoms with Gasteiger partial charge in [0.05, 0.1) is 11.7 Å². The minimum atomic E-state index is -0.125. The number of hydrogen-bond acceptors (Lipinski definition) is 3. The molecule has 0 bridgehead atoms. The molecule has 1 atom stereocenters. The molecule has 1 unspecified atom stereocenters. The normalized spacial score (nSPS) is 21.0. The van der Waals surface area contributed by atoms with E-state index in [1.165, 1.54) is 6.07 Å². The third-order valence-electron chi connectivity index (χ3n) is 2.87. The SMILES string of the molecule is CC1CN(C(=O)c2ccccc2O)CCCO1. The number of ether oxygens (including phenoxy) is 1. The molecule has 0 aromatic heterocycles. The first kappa shape index (κ1) is 11.9. The predicted molar refractivity (Wildman–Crippen MR) is 64.0 cm³/mol. The molecule has 0 radical (unpaired) electrons. The highest BCUT2D eigenvalue weighted by atomic mass is 16.5. The van der Waals surface area contributed by atoms with E-state index in [2.05, 4.69) is 0 Å². The Morgan fingerprint density at radius 1 is 1.47 bits per heavy atom. The Morgan fingerprint density at radius 2 is 2.24 bits per heavy atom. The Labute approximate surface area is 101 Å². The van der Waals surface area contributed by atoms with Crippen LogP contribution in [0.3, 0.4) is 0 Å². The number of benzene rings is 1. The minimum absolute atomic E-state index is 0.0373. The lowest BCUT2D eigenvalue weighted by atomic mass is 10.1. The van der Waals surface area contributed by atoms with E-state index in [0.717, 1.165) is 6.42 Å². The van der Waals surface area contributed by atoms with Crippen molar-refractivity contribution in [2.45, 2.75) is 19.4 Å². The van der Waals surface area contributed by atoms with Gasteiger partial charge < -0.3 is 14.7 Å². The summed E-state index contributed by atoms with van der Waals surface area (Å²) in [5.41, 5.74) is 0.363. The largest absolute Gasteiger partial charge is 0.507 e. The van der Waals surface area contributed by atoms with Crippen LogP contribution in [0.25, 0.3) is 0 Å². The van der Waals surface area contributed by atoms with E-state index >= 15 is 0 Å². The zero-order valence-corrected chi connectivity index (χ0v) is 9.93. The molecule has 17 heavy (non-hydrogen) atoms. The monoisotopic (exact) mass is 235 g/mol. The zero-order chi connectivity index (χ0) is 12.3. The number of aromatic hydroxyl groups is 1. The average molecular weight is 235 g/mol. The van der Waals surface area contributed by atoms with Gasteiger partial charge in [0.25, 0.3) is 5.91 Å². The van der Waals surface area contributed by atoms with E-state index in [9.17, 15) is 9.90 Å². The molecule has 0 saturated carbocycles. The number of hydrogen-bond donors (Lipinski definition) is 1. The molecule has 1 N–H and O–H groups in total. The van der Waals surface area contributed by atoms with Crippen LogP contribution < -0.4 is 0 Å². The lowest BCUT2D eigenvalue weighted by molar-refractivity contribution is 0.0561. The van der Waals surface area contributed by atoms with Gasteiger partial charge in [0.2, 0.25) is 0 Å². The summed E-state index contributed by atoms with van der Waals surface area (Å²) < 4.78 is 5.49. The van der Waals surface area contributed by atoms with Gasteiger partial charge in [0, 0.05) is 19.7 Å². The Hall–Kier alpha value is -1.55. The number of para-hydroxylation sites is 1.